The highest BCUT2D eigenvalue weighted by Crippen LogP contribution is 2.41. The minimum Gasteiger partial charge on any atom is -0.370 e. The van der Waals surface area contributed by atoms with Gasteiger partial charge in [0.15, 0.2) is 0 Å². The van der Waals surface area contributed by atoms with E-state index in [1.54, 1.807) is 7.05 Å². The lowest BCUT2D eigenvalue weighted by atomic mass is 9.83. The van der Waals surface area contributed by atoms with Crippen molar-refractivity contribution in [3.8, 4) is 0 Å². The summed E-state index contributed by atoms with van der Waals surface area (Å²) in [6.45, 7) is 2.68. The first-order valence-corrected chi connectivity index (χ1v) is 7.28. The smallest absolute Gasteiger partial charge is 0.236 e. The Balaban J connectivity index is 1.74. The van der Waals surface area contributed by atoms with E-state index in [9.17, 15) is 4.79 Å². The Morgan fingerprint density at radius 3 is 2.72 bits per heavy atom. The third-order valence-electron chi connectivity index (χ3n) is 4.39. The summed E-state index contributed by atoms with van der Waals surface area (Å²) in [5.74, 6) is 0.0420. The summed E-state index contributed by atoms with van der Waals surface area (Å²) in [5, 5.41) is 5.91. The van der Waals surface area contributed by atoms with Crippen LogP contribution in [0.1, 0.15) is 51.9 Å². The van der Waals surface area contributed by atoms with Gasteiger partial charge in [-0.05, 0) is 32.6 Å². The second-order valence-electron chi connectivity index (χ2n) is 5.77. The first-order valence-electron chi connectivity index (χ1n) is 7.28. The molecule has 1 amide bonds. The molecule has 0 radical (unpaired) electrons. The molecule has 1 aliphatic heterocycles. The van der Waals surface area contributed by atoms with Gasteiger partial charge in [-0.15, -0.1) is 0 Å². The monoisotopic (exact) mass is 254 g/mol. The Labute approximate surface area is 110 Å². The van der Waals surface area contributed by atoms with Gasteiger partial charge in [0.25, 0.3) is 0 Å². The van der Waals surface area contributed by atoms with Gasteiger partial charge < -0.3 is 15.4 Å². The first-order chi connectivity index (χ1) is 8.65. The molecule has 2 N–H and O–H groups in total. The number of rotatable bonds is 4. The standard InChI is InChI=1S/C14H26N2O2/c1-11(13(17)15-2)16-10-12-6-9-14(18-12)7-4-3-5-8-14/h11-12,16H,3-10H2,1-2H3,(H,15,17). The number of ether oxygens (including phenoxy) is 1. The molecule has 4 heteroatoms. The molecule has 1 heterocycles. The van der Waals surface area contributed by atoms with E-state index in [0.717, 1.165) is 13.0 Å². The highest BCUT2D eigenvalue weighted by molar-refractivity contribution is 5.80. The molecule has 1 saturated heterocycles. The van der Waals surface area contributed by atoms with Gasteiger partial charge in [0.05, 0.1) is 17.7 Å². The predicted molar refractivity (Wildman–Crippen MR) is 71.5 cm³/mol. The van der Waals surface area contributed by atoms with Crippen molar-refractivity contribution < 1.29 is 9.53 Å². The number of amides is 1. The van der Waals surface area contributed by atoms with Crippen LogP contribution in [0.2, 0.25) is 0 Å². The highest BCUT2D eigenvalue weighted by Gasteiger charge is 2.40. The van der Waals surface area contributed by atoms with Gasteiger partial charge in [0, 0.05) is 13.6 Å². The van der Waals surface area contributed by atoms with Crippen molar-refractivity contribution in [2.75, 3.05) is 13.6 Å². The minimum absolute atomic E-state index is 0.0420. The summed E-state index contributed by atoms with van der Waals surface area (Å²) in [6, 6.07) is -0.137. The number of nitrogens with one attached hydrogen (secondary N) is 2. The van der Waals surface area contributed by atoms with Crippen LogP contribution in [-0.4, -0.2) is 37.2 Å². The average Bonchev–Trinajstić information content (AvgIpc) is 2.79. The number of likely N-dealkylation sites (N-methyl/N-ethyl adjacent to an activating group) is 1. The summed E-state index contributed by atoms with van der Waals surface area (Å²) >= 11 is 0. The number of carbonyl (C=O) groups is 1. The molecule has 2 unspecified atom stereocenters. The Morgan fingerprint density at radius 2 is 2.06 bits per heavy atom. The zero-order chi connectivity index (χ0) is 13.0. The molecule has 2 atom stereocenters. The molecule has 2 aliphatic rings. The van der Waals surface area contributed by atoms with E-state index < -0.39 is 0 Å². The third kappa shape index (κ3) is 3.23. The summed E-state index contributed by atoms with van der Waals surface area (Å²) in [7, 11) is 1.67. The van der Waals surface area contributed by atoms with Crippen LogP contribution >= 0.6 is 0 Å². The van der Waals surface area contributed by atoms with Crippen molar-refractivity contribution in [2.45, 2.75) is 69.6 Å². The highest BCUT2D eigenvalue weighted by atomic mass is 16.5. The lowest BCUT2D eigenvalue weighted by Crippen LogP contribution is -2.44. The van der Waals surface area contributed by atoms with Crippen LogP contribution in [0.15, 0.2) is 0 Å². The summed E-state index contributed by atoms with van der Waals surface area (Å²) in [4.78, 5) is 11.4. The van der Waals surface area contributed by atoms with Crippen LogP contribution in [0.3, 0.4) is 0 Å². The maximum Gasteiger partial charge on any atom is 0.236 e. The fourth-order valence-corrected chi connectivity index (χ4v) is 3.22. The van der Waals surface area contributed by atoms with Crippen molar-refractivity contribution in [3.05, 3.63) is 0 Å². The second kappa shape index (κ2) is 6.02. The molecule has 1 saturated carbocycles. The first kappa shape index (κ1) is 13.8. The van der Waals surface area contributed by atoms with Gasteiger partial charge in [-0.2, -0.15) is 0 Å². The molecule has 2 rings (SSSR count). The molecule has 18 heavy (non-hydrogen) atoms. The van der Waals surface area contributed by atoms with E-state index in [2.05, 4.69) is 10.6 Å². The van der Waals surface area contributed by atoms with Crippen molar-refractivity contribution in [1.82, 2.24) is 10.6 Å². The molecule has 0 aromatic rings. The number of hydrogen-bond acceptors (Lipinski definition) is 3. The molecular formula is C14H26N2O2. The molecular weight excluding hydrogens is 228 g/mol. The fraction of sp³-hybridized carbons (Fsp3) is 0.929. The second-order valence-corrected chi connectivity index (χ2v) is 5.77. The average molecular weight is 254 g/mol. The minimum atomic E-state index is -0.137. The molecule has 0 aromatic carbocycles. The fourth-order valence-electron chi connectivity index (χ4n) is 3.22. The summed E-state index contributed by atoms with van der Waals surface area (Å²) in [6.07, 6.45) is 9.07. The molecule has 1 aliphatic carbocycles. The molecule has 0 aromatic heterocycles. The predicted octanol–water partition coefficient (Wildman–Crippen LogP) is 1.59. The van der Waals surface area contributed by atoms with E-state index in [1.807, 2.05) is 6.92 Å². The summed E-state index contributed by atoms with van der Waals surface area (Å²) in [5.41, 5.74) is 0.181. The summed E-state index contributed by atoms with van der Waals surface area (Å²) < 4.78 is 6.26. The lowest BCUT2D eigenvalue weighted by molar-refractivity contribution is -0.122. The van der Waals surface area contributed by atoms with Gasteiger partial charge in [-0.25, -0.2) is 0 Å². The maximum absolute atomic E-state index is 11.4. The van der Waals surface area contributed by atoms with Gasteiger partial charge in [0.1, 0.15) is 0 Å². The number of hydrogen-bond donors (Lipinski definition) is 2. The van der Waals surface area contributed by atoms with Gasteiger partial charge in [-0.3, -0.25) is 4.79 Å². The van der Waals surface area contributed by atoms with Gasteiger partial charge in [0.2, 0.25) is 5.91 Å². The Kier molecular flexibility index (Phi) is 4.62. The maximum atomic E-state index is 11.4. The molecule has 1 spiro atoms. The van der Waals surface area contributed by atoms with E-state index in [0.29, 0.717) is 0 Å². The van der Waals surface area contributed by atoms with Crippen molar-refractivity contribution >= 4 is 5.91 Å². The SMILES string of the molecule is CNC(=O)C(C)NCC1CCC2(CCCCC2)O1. The quantitative estimate of drug-likeness (QED) is 0.801. The van der Waals surface area contributed by atoms with E-state index >= 15 is 0 Å². The van der Waals surface area contributed by atoms with E-state index in [4.69, 9.17) is 4.74 Å². The van der Waals surface area contributed by atoms with Crippen LogP contribution in [0, 0.1) is 0 Å². The topological polar surface area (TPSA) is 50.4 Å². The third-order valence-corrected chi connectivity index (χ3v) is 4.39. The lowest BCUT2D eigenvalue weighted by Gasteiger charge is -2.33. The zero-order valence-electron chi connectivity index (χ0n) is 11.6. The van der Waals surface area contributed by atoms with Crippen LogP contribution in [0.25, 0.3) is 0 Å². The Hall–Kier alpha value is -0.610. The van der Waals surface area contributed by atoms with Crippen LogP contribution in [-0.2, 0) is 9.53 Å². The number of carbonyl (C=O) groups excluding carboxylic acids is 1. The largest absolute Gasteiger partial charge is 0.370 e. The van der Waals surface area contributed by atoms with Crippen LogP contribution in [0.4, 0.5) is 0 Å². The normalized spacial score (nSPS) is 28.2. The molecule has 0 bridgehead atoms. The van der Waals surface area contributed by atoms with Crippen LogP contribution in [0.5, 0.6) is 0 Å². The van der Waals surface area contributed by atoms with Crippen LogP contribution < -0.4 is 10.6 Å². The van der Waals surface area contributed by atoms with Crippen molar-refractivity contribution in [3.63, 3.8) is 0 Å². The zero-order valence-corrected chi connectivity index (χ0v) is 11.6. The van der Waals surface area contributed by atoms with E-state index in [-0.39, 0.29) is 23.7 Å². The van der Waals surface area contributed by atoms with E-state index in [1.165, 1.54) is 38.5 Å². The Morgan fingerprint density at radius 1 is 1.33 bits per heavy atom. The molecule has 104 valence electrons. The van der Waals surface area contributed by atoms with Crippen molar-refractivity contribution in [1.29, 1.82) is 0 Å². The molecule has 2 fully saturated rings. The van der Waals surface area contributed by atoms with Gasteiger partial charge >= 0.3 is 0 Å². The van der Waals surface area contributed by atoms with Gasteiger partial charge in [-0.1, -0.05) is 19.3 Å². The van der Waals surface area contributed by atoms with Crippen molar-refractivity contribution in [2.24, 2.45) is 0 Å². The Bertz CT molecular complexity index is 288. The molecule has 4 nitrogen and oxygen atoms in total.